The van der Waals surface area contributed by atoms with E-state index >= 15 is 0 Å². The highest BCUT2D eigenvalue weighted by Gasteiger charge is 2.16. The molecule has 0 amide bonds. The van der Waals surface area contributed by atoms with Crippen molar-refractivity contribution in [1.29, 1.82) is 0 Å². The summed E-state index contributed by atoms with van der Waals surface area (Å²) in [5.41, 5.74) is 0.845. The minimum absolute atomic E-state index is 0.0971. The SMILES string of the molecule is Cc1ccc(=O)n(CC(=O)c2ccc3c(c2)OCO3)n1. The molecule has 0 N–H and O–H groups in total. The summed E-state index contributed by atoms with van der Waals surface area (Å²) in [6, 6.07) is 7.96. The quantitative estimate of drug-likeness (QED) is 0.784. The lowest BCUT2D eigenvalue weighted by Crippen LogP contribution is -2.26. The summed E-state index contributed by atoms with van der Waals surface area (Å²) in [5, 5.41) is 4.04. The lowest BCUT2D eigenvalue weighted by molar-refractivity contribution is 0.0965. The van der Waals surface area contributed by atoms with E-state index in [2.05, 4.69) is 5.10 Å². The molecule has 0 aliphatic carbocycles. The third kappa shape index (κ3) is 2.27. The van der Waals surface area contributed by atoms with Crippen LogP contribution < -0.4 is 15.0 Å². The van der Waals surface area contributed by atoms with Crippen LogP contribution in [-0.2, 0) is 6.54 Å². The molecule has 0 spiro atoms. The maximum Gasteiger partial charge on any atom is 0.267 e. The van der Waals surface area contributed by atoms with Crippen molar-refractivity contribution in [2.75, 3.05) is 6.79 Å². The van der Waals surface area contributed by atoms with E-state index < -0.39 is 0 Å². The fourth-order valence-electron chi connectivity index (χ4n) is 1.96. The summed E-state index contributed by atoms with van der Waals surface area (Å²) in [6.07, 6.45) is 0. The van der Waals surface area contributed by atoms with Gasteiger partial charge < -0.3 is 9.47 Å². The molecule has 6 heteroatoms. The number of carbonyl (C=O) groups excluding carboxylic acids is 1. The number of nitrogens with zero attached hydrogens (tertiary/aromatic N) is 2. The van der Waals surface area contributed by atoms with E-state index in [-0.39, 0.29) is 24.7 Å². The van der Waals surface area contributed by atoms with Crippen LogP contribution in [0.4, 0.5) is 0 Å². The van der Waals surface area contributed by atoms with Gasteiger partial charge in [-0.1, -0.05) is 0 Å². The van der Waals surface area contributed by atoms with Crippen LogP contribution in [0.25, 0.3) is 0 Å². The molecule has 0 bridgehead atoms. The zero-order valence-electron chi connectivity index (χ0n) is 10.8. The van der Waals surface area contributed by atoms with Gasteiger partial charge in [-0.15, -0.1) is 0 Å². The second kappa shape index (κ2) is 4.80. The Hall–Kier alpha value is -2.63. The van der Waals surface area contributed by atoms with Gasteiger partial charge in [0.15, 0.2) is 17.3 Å². The smallest absolute Gasteiger partial charge is 0.267 e. The fourth-order valence-corrected chi connectivity index (χ4v) is 1.96. The highest BCUT2D eigenvalue weighted by Crippen LogP contribution is 2.32. The molecule has 1 aliphatic rings. The zero-order valence-corrected chi connectivity index (χ0v) is 10.8. The first kappa shape index (κ1) is 12.4. The van der Waals surface area contributed by atoms with Crippen molar-refractivity contribution < 1.29 is 14.3 Å². The maximum absolute atomic E-state index is 12.2. The molecule has 3 rings (SSSR count). The molecular formula is C14H12N2O4. The van der Waals surface area contributed by atoms with Gasteiger partial charge in [0.1, 0.15) is 6.54 Å². The monoisotopic (exact) mass is 272 g/mol. The molecule has 2 aromatic rings. The summed E-state index contributed by atoms with van der Waals surface area (Å²) >= 11 is 0. The molecular weight excluding hydrogens is 260 g/mol. The van der Waals surface area contributed by atoms with E-state index in [1.54, 1.807) is 31.2 Å². The number of Topliss-reactive ketones (excluding diaryl/α,β-unsaturated/α-hetero) is 1. The molecule has 102 valence electrons. The van der Waals surface area contributed by atoms with Crippen LogP contribution in [0.3, 0.4) is 0 Å². The second-order valence-electron chi connectivity index (χ2n) is 4.46. The van der Waals surface area contributed by atoms with Crippen molar-refractivity contribution in [2.24, 2.45) is 0 Å². The second-order valence-corrected chi connectivity index (χ2v) is 4.46. The molecule has 0 radical (unpaired) electrons. The van der Waals surface area contributed by atoms with Gasteiger partial charge in [0.25, 0.3) is 5.56 Å². The molecule has 1 aromatic heterocycles. The third-order valence-electron chi connectivity index (χ3n) is 2.99. The van der Waals surface area contributed by atoms with E-state index in [4.69, 9.17) is 9.47 Å². The van der Waals surface area contributed by atoms with Gasteiger partial charge in [0.05, 0.1) is 5.69 Å². The molecule has 6 nitrogen and oxygen atoms in total. The van der Waals surface area contributed by atoms with Crippen molar-refractivity contribution in [1.82, 2.24) is 9.78 Å². The summed E-state index contributed by atoms with van der Waals surface area (Å²) in [4.78, 5) is 23.8. The van der Waals surface area contributed by atoms with Gasteiger partial charge in [0, 0.05) is 11.6 Å². The molecule has 0 fully saturated rings. The number of fused-ring (bicyclic) bond motifs is 1. The number of rotatable bonds is 3. The number of carbonyl (C=O) groups is 1. The van der Waals surface area contributed by atoms with Crippen molar-refractivity contribution in [2.45, 2.75) is 13.5 Å². The molecule has 20 heavy (non-hydrogen) atoms. The van der Waals surface area contributed by atoms with Crippen LogP contribution in [0, 0.1) is 6.92 Å². The lowest BCUT2D eigenvalue weighted by Gasteiger charge is -2.05. The van der Waals surface area contributed by atoms with Crippen molar-refractivity contribution in [3.63, 3.8) is 0 Å². The molecule has 0 unspecified atom stereocenters. The number of ether oxygens (including phenoxy) is 2. The Morgan fingerprint density at radius 3 is 2.90 bits per heavy atom. The topological polar surface area (TPSA) is 70.4 Å². The van der Waals surface area contributed by atoms with Gasteiger partial charge in [0.2, 0.25) is 6.79 Å². The predicted molar refractivity (Wildman–Crippen MR) is 70.1 cm³/mol. The summed E-state index contributed by atoms with van der Waals surface area (Å²) in [6.45, 7) is 1.83. The zero-order chi connectivity index (χ0) is 14.1. The standard InChI is InChI=1S/C14H12N2O4/c1-9-2-5-14(18)16(15-9)7-11(17)10-3-4-12-13(6-10)20-8-19-12/h2-6H,7-8H2,1H3. The number of aryl methyl sites for hydroxylation is 1. The Bertz CT molecular complexity index is 736. The number of hydrogen-bond acceptors (Lipinski definition) is 5. The first-order chi connectivity index (χ1) is 9.63. The summed E-state index contributed by atoms with van der Waals surface area (Å²) in [7, 11) is 0. The number of benzene rings is 1. The van der Waals surface area contributed by atoms with Crippen molar-refractivity contribution in [3.8, 4) is 11.5 Å². The van der Waals surface area contributed by atoms with Gasteiger partial charge >= 0.3 is 0 Å². The van der Waals surface area contributed by atoms with Crippen LogP contribution in [0.15, 0.2) is 35.1 Å². The van der Waals surface area contributed by atoms with E-state index in [9.17, 15) is 9.59 Å². The molecule has 1 aromatic carbocycles. The third-order valence-corrected chi connectivity index (χ3v) is 2.99. The van der Waals surface area contributed by atoms with Gasteiger partial charge in [-0.2, -0.15) is 5.10 Å². The highest BCUT2D eigenvalue weighted by atomic mass is 16.7. The van der Waals surface area contributed by atoms with Crippen LogP contribution in [-0.4, -0.2) is 22.4 Å². The van der Waals surface area contributed by atoms with Crippen LogP contribution in [0.2, 0.25) is 0 Å². The van der Waals surface area contributed by atoms with Crippen LogP contribution in [0.5, 0.6) is 11.5 Å². The van der Waals surface area contributed by atoms with Crippen molar-refractivity contribution in [3.05, 3.63) is 51.9 Å². The first-order valence-corrected chi connectivity index (χ1v) is 6.11. The minimum Gasteiger partial charge on any atom is -0.454 e. The largest absolute Gasteiger partial charge is 0.454 e. The van der Waals surface area contributed by atoms with E-state index in [1.165, 1.54) is 6.07 Å². The summed E-state index contributed by atoms with van der Waals surface area (Å²) < 4.78 is 11.6. The lowest BCUT2D eigenvalue weighted by atomic mass is 10.1. The first-order valence-electron chi connectivity index (χ1n) is 6.11. The average molecular weight is 272 g/mol. The molecule has 0 saturated carbocycles. The maximum atomic E-state index is 12.2. The Labute approximate surface area is 114 Å². The Morgan fingerprint density at radius 2 is 2.05 bits per heavy atom. The average Bonchev–Trinajstić information content (AvgIpc) is 2.90. The van der Waals surface area contributed by atoms with Gasteiger partial charge in [-0.25, -0.2) is 4.68 Å². The van der Waals surface area contributed by atoms with Gasteiger partial charge in [-0.3, -0.25) is 9.59 Å². The number of ketones is 1. The number of aromatic nitrogens is 2. The highest BCUT2D eigenvalue weighted by molar-refractivity contribution is 5.96. The molecule has 0 saturated heterocycles. The predicted octanol–water partition coefficient (Wildman–Crippen LogP) is 1.16. The van der Waals surface area contributed by atoms with Gasteiger partial charge in [-0.05, 0) is 31.2 Å². The van der Waals surface area contributed by atoms with E-state index in [1.807, 2.05) is 0 Å². The fraction of sp³-hybridized carbons (Fsp3) is 0.214. The molecule has 2 heterocycles. The Balaban J connectivity index is 1.86. The Morgan fingerprint density at radius 1 is 1.25 bits per heavy atom. The van der Waals surface area contributed by atoms with Crippen molar-refractivity contribution >= 4 is 5.78 Å². The summed E-state index contributed by atoms with van der Waals surface area (Å²) in [5.74, 6) is 0.955. The van der Waals surface area contributed by atoms with E-state index in [0.29, 0.717) is 22.8 Å². The number of hydrogen-bond donors (Lipinski definition) is 0. The van der Waals surface area contributed by atoms with Crippen LogP contribution in [0.1, 0.15) is 16.1 Å². The molecule has 1 aliphatic heterocycles. The minimum atomic E-state index is -0.301. The Kier molecular flexibility index (Phi) is 2.98. The molecule has 0 atom stereocenters. The van der Waals surface area contributed by atoms with Crippen LogP contribution >= 0.6 is 0 Å². The van der Waals surface area contributed by atoms with E-state index in [0.717, 1.165) is 4.68 Å². The normalized spacial score (nSPS) is 12.4.